The first-order valence-electron chi connectivity index (χ1n) is 10.1. The molecule has 0 aromatic carbocycles. The molecule has 154 valence electrons. The zero-order valence-corrected chi connectivity index (χ0v) is 17.4. The fourth-order valence-corrected chi connectivity index (χ4v) is 4.81. The molecule has 8 heteroatoms. The maximum absolute atomic E-state index is 12.4. The average Bonchev–Trinajstić information content (AvgIpc) is 3.16. The number of aromatic nitrogens is 3. The van der Waals surface area contributed by atoms with E-state index in [-0.39, 0.29) is 11.9 Å². The average molecular weight is 414 g/mol. The molecule has 1 aliphatic carbocycles. The maximum atomic E-state index is 12.4. The quantitative estimate of drug-likeness (QED) is 0.552. The Bertz CT molecular complexity index is 837. The van der Waals surface area contributed by atoms with E-state index in [0.717, 1.165) is 42.5 Å². The molecule has 0 unspecified atom stereocenters. The largest absolute Gasteiger partial charge is 0.391 e. The van der Waals surface area contributed by atoms with E-state index in [1.54, 1.807) is 18.6 Å². The molecule has 4 rings (SSSR count). The molecule has 7 nitrogen and oxygen atoms in total. The highest BCUT2D eigenvalue weighted by atomic mass is 32.2. The summed E-state index contributed by atoms with van der Waals surface area (Å²) < 4.78 is 0. The summed E-state index contributed by atoms with van der Waals surface area (Å²) in [7, 11) is 0. The molecular formula is C21H27N5O2S. The van der Waals surface area contributed by atoms with Crippen molar-refractivity contribution in [2.75, 3.05) is 24.2 Å². The Hall–Kier alpha value is -2.19. The zero-order chi connectivity index (χ0) is 20.2. The summed E-state index contributed by atoms with van der Waals surface area (Å²) in [4.78, 5) is 27.6. The number of carbonyl (C=O) groups is 1. The van der Waals surface area contributed by atoms with Gasteiger partial charge >= 0.3 is 0 Å². The lowest BCUT2D eigenvalue weighted by atomic mass is 9.77. The number of hydrogen-bond donors (Lipinski definition) is 2. The number of pyridine rings is 1. The summed E-state index contributed by atoms with van der Waals surface area (Å²) in [5.74, 6) is 1.83. The Morgan fingerprint density at radius 1 is 1.28 bits per heavy atom. The predicted octanol–water partition coefficient (Wildman–Crippen LogP) is 1.92. The number of aryl methyl sites for hydroxylation is 1. The molecule has 29 heavy (non-hydrogen) atoms. The molecule has 1 saturated carbocycles. The second-order valence-corrected chi connectivity index (χ2v) is 8.67. The topological polar surface area (TPSA) is 91.2 Å². The van der Waals surface area contributed by atoms with Crippen molar-refractivity contribution in [3.8, 4) is 0 Å². The van der Waals surface area contributed by atoms with E-state index in [9.17, 15) is 9.90 Å². The molecule has 2 aromatic rings. The van der Waals surface area contributed by atoms with Crippen LogP contribution in [0.1, 0.15) is 24.8 Å². The molecule has 0 bridgehead atoms. The Kier molecular flexibility index (Phi) is 6.30. The summed E-state index contributed by atoms with van der Waals surface area (Å²) in [6, 6.07) is 5.63. The minimum atomic E-state index is -0.495. The van der Waals surface area contributed by atoms with Crippen LogP contribution < -0.4 is 10.2 Å². The number of amides is 1. The highest BCUT2D eigenvalue weighted by Gasteiger charge is 2.42. The van der Waals surface area contributed by atoms with Crippen LogP contribution in [0.3, 0.4) is 0 Å². The highest BCUT2D eigenvalue weighted by molar-refractivity contribution is 7.98. The van der Waals surface area contributed by atoms with Crippen molar-refractivity contribution in [1.29, 1.82) is 0 Å². The Labute approximate surface area is 175 Å². The van der Waals surface area contributed by atoms with Gasteiger partial charge in [0.1, 0.15) is 5.82 Å². The molecule has 2 aromatic heterocycles. The van der Waals surface area contributed by atoms with Crippen LogP contribution in [-0.4, -0.2) is 57.5 Å². The van der Waals surface area contributed by atoms with Gasteiger partial charge in [-0.1, -0.05) is 17.8 Å². The third-order valence-electron chi connectivity index (χ3n) is 5.98. The van der Waals surface area contributed by atoms with Crippen LogP contribution in [0.5, 0.6) is 0 Å². The molecule has 2 aliphatic rings. The summed E-state index contributed by atoms with van der Waals surface area (Å²) >= 11 is 1.54. The summed E-state index contributed by atoms with van der Waals surface area (Å²) in [5, 5.41) is 14.5. The molecule has 1 saturated heterocycles. The molecule has 2 N–H and O–H groups in total. The number of rotatable bonds is 6. The maximum Gasteiger partial charge on any atom is 0.220 e. The van der Waals surface area contributed by atoms with Crippen molar-refractivity contribution in [3.63, 3.8) is 0 Å². The smallest absolute Gasteiger partial charge is 0.220 e. The van der Waals surface area contributed by atoms with E-state index < -0.39 is 6.10 Å². The van der Waals surface area contributed by atoms with Gasteiger partial charge in [-0.15, -0.1) is 0 Å². The molecule has 1 amide bonds. The van der Waals surface area contributed by atoms with Gasteiger partial charge in [-0.25, -0.2) is 9.97 Å². The van der Waals surface area contributed by atoms with Crippen molar-refractivity contribution in [3.05, 3.63) is 42.4 Å². The fraction of sp³-hybridized carbons (Fsp3) is 0.524. The van der Waals surface area contributed by atoms with Crippen LogP contribution in [0, 0.1) is 11.8 Å². The first-order chi connectivity index (χ1) is 14.1. The fourth-order valence-electron chi connectivity index (χ4n) is 4.46. The third kappa shape index (κ3) is 4.87. The number of aliphatic hydroxyl groups excluding tert-OH is 1. The highest BCUT2D eigenvalue weighted by Crippen LogP contribution is 2.38. The lowest BCUT2D eigenvalue weighted by Crippen LogP contribution is -2.49. The number of aliphatic hydroxyl groups is 1. The molecule has 4 atom stereocenters. The van der Waals surface area contributed by atoms with Gasteiger partial charge in [0.25, 0.3) is 0 Å². The first-order valence-corrected chi connectivity index (χ1v) is 11.3. The van der Waals surface area contributed by atoms with Gasteiger partial charge in [-0.05, 0) is 55.1 Å². The Balaban J connectivity index is 1.32. The van der Waals surface area contributed by atoms with Crippen LogP contribution in [0.15, 0.2) is 41.9 Å². The van der Waals surface area contributed by atoms with Crippen molar-refractivity contribution in [2.45, 2.75) is 43.0 Å². The number of fused-ring (bicyclic) bond motifs is 1. The van der Waals surface area contributed by atoms with Gasteiger partial charge in [-0.3, -0.25) is 9.78 Å². The van der Waals surface area contributed by atoms with Crippen LogP contribution in [0.4, 0.5) is 5.82 Å². The second-order valence-electron chi connectivity index (χ2n) is 7.90. The first kappa shape index (κ1) is 20.1. The molecule has 0 radical (unpaired) electrons. The van der Waals surface area contributed by atoms with Crippen molar-refractivity contribution in [1.82, 2.24) is 20.3 Å². The number of hydrogen-bond acceptors (Lipinski definition) is 7. The lowest BCUT2D eigenvalue weighted by molar-refractivity contribution is -0.123. The van der Waals surface area contributed by atoms with E-state index >= 15 is 0 Å². The summed E-state index contributed by atoms with van der Waals surface area (Å²) in [5.41, 5.74) is 1.05. The monoisotopic (exact) mass is 413 g/mol. The number of thioether (sulfide) groups is 1. The van der Waals surface area contributed by atoms with E-state index in [2.05, 4.69) is 25.2 Å². The molecule has 3 heterocycles. The minimum Gasteiger partial charge on any atom is -0.391 e. The summed E-state index contributed by atoms with van der Waals surface area (Å²) in [6.45, 7) is 1.80. The van der Waals surface area contributed by atoms with E-state index in [0.29, 0.717) is 24.7 Å². The molecule has 2 fully saturated rings. The van der Waals surface area contributed by atoms with E-state index in [1.807, 2.05) is 24.5 Å². The second kappa shape index (κ2) is 9.09. The van der Waals surface area contributed by atoms with Gasteiger partial charge in [0, 0.05) is 38.1 Å². The van der Waals surface area contributed by atoms with Crippen molar-refractivity contribution in [2.24, 2.45) is 11.8 Å². The van der Waals surface area contributed by atoms with E-state index in [4.69, 9.17) is 0 Å². The third-order valence-corrected chi connectivity index (χ3v) is 6.54. The molecule has 0 spiro atoms. The number of nitrogens with zero attached hydrogens (tertiary/aromatic N) is 4. The normalized spacial score (nSPS) is 26.2. The van der Waals surface area contributed by atoms with Gasteiger partial charge in [-0.2, -0.15) is 0 Å². The minimum absolute atomic E-state index is 0.00776. The Morgan fingerprint density at radius 3 is 2.86 bits per heavy atom. The van der Waals surface area contributed by atoms with Crippen LogP contribution in [0.25, 0.3) is 0 Å². The predicted molar refractivity (Wildman–Crippen MR) is 113 cm³/mol. The number of anilines is 1. The van der Waals surface area contributed by atoms with Crippen molar-refractivity contribution < 1.29 is 9.90 Å². The van der Waals surface area contributed by atoms with E-state index in [1.165, 1.54) is 11.8 Å². The lowest BCUT2D eigenvalue weighted by Gasteiger charge is -2.35. The molecule has 1 aliphatic heterocycles. The van der Waals surface area contributed by atoms with Gasteiger partial charge in [0.15, 0.2) is 5.16 Å². The Morgan fingerprint density at radius 2 is 2.10 bits per heavy atom. The molecular weight excluding hydrogens is 386 g/mol. The van der Waals surface area contributed by atoms with Gasteiger partial charge in [0.2, 0.25) is 5.91 Å². The van der Waals surface area contributed by atoms with Crippen molar-refractivity contribution >= 4 is 23.5 Å². The zero-order valence-electron chi connectivity index (χ0n) is 16.6. The number of nitrogens with one attached hydrogen (secondary N) is 1. The van der Waals surface area contributed by atoms with Crippen LogP contribution in [-0.2, 0) is 11.2 Å². The SMILES string of the molecule is CSc1nccc(N2C[C@H]3C[C@H](O)[C@@H](NC(=O)CCc4cccnc4)C[C@H]3C2)n1. The number of carbonyl (C=O) groups excluding carboxylic acids is 1. The van der Waals surface area contributed by atoms with Gasteiger partial charge in [0.05, 0.1) is 12.1 Å². The van der Waals surface area contributed by atoms with Crippen LogP contribution >= 0.6 is 11.8 Å². The summed E-state index contributed by atoms with van der Waals surface area (Å²) in [6.07, 6.45) is 9.39. The van der Waals surface area contributed by atoms with Gasteiger partial charge < -0.3 is 15.3 Å². The standard InChI is InChI=1S/C21H27N5O2S/c1-29-21-23-8-6-19(25-21)26-12-15-9-17(18(27)10-16(15)13-26)24-20(28)5-4-14-3-2-7-22-11-14/h2-3,6-8,11,15-18,27H,4-5,9-10,12-13H2,1H3,(H,24,28)/t15-,16+,17-,18-/m0/s1. The van der Waals surface area contributed by atoms with Crippen LogP contribution in [0.2, 0.25) is 0 Å².